The van der Waals surface area contributed by atoms with Gasteiger partial charge >= 0.3 is 5.63 Å². The van der Waals surface area contributed by atoms with Gasteiger partial charge in [0.05, 0.1) is 6.61 Å². The maximum atomic E-state index is 11.9. The van der Waals surface area contributed by atoms with Gasteiger partial charge in [-0.1, -0.05) is 0 Å². The Morgan fingerprint density at radius 1 is 1.33 bits per heavy atom. The van der Waals surface area contributed by atoms with Crippen molar-refractivity contribution in [3.05, 3.63) is 34.2 Å². The molecule has 6 heteroatoms. The number of anilines is 1. The monoisotopic (exact) mass is 331 g/mol. The highest BCUT2D eigenvalue weighted by atomic mass is 16.5. The van der Waals surface area contributed by atoms with Gasteiger partial charge in [0.1, 0.15) is 17.0 Å². The van der Waals surface area contributed by atoms with E-state index in [1.165, 1.54) is 0 Å². The Morgan fingerprint density at radius 2 is 2.12 bits per heavy atom. The number of nitrogens with one attached hydrogen (secondary N) is 2. The van der Waals surface area contributed by atoms with Gasteiger partial charge in [-0.2, -0.15) is 0 Å². The molecule has 1 fully saturated rings. The molecule has 2 N–H and O–H groups in total. The smallest absolute Gasteiger partial charge is 0.359 e. The molecule has 24 heavy (non-hydrogen) atoms. The second kappa shape index (κ2) is 7.68. The Balaban J connectivity index is 1.64. The average Bonchev–Trinajstić information content (AvgIpc) is 2.61. The number of rotatable bonds is 6. The molecule has 1 saturated heterocycles. The quantitative estimate of drug-likeness (QED) is 0.622. The lowest BCUT2D eigenvalue weighted by atomic mass is 10.1. The first-order chi connectivity index (χ1) is 11.7. The molecule has 0 atom stereocenters. The number of piperazine rings is 1. The average molecular weight is 331 g/mol. The number of hydrogen-bond donors (Lipinski definition) is 2. The molecule has 1 aromatic carbocycles. The molecule has 6 nitrogen and oxygen atoms in total. The first kappa shape index (κ1) is 16.8. The fourth-order valence-corrected chi connectivity index (χ4v) is 3.04. The second-order valence-electron chi connectivity index (χ2n) is 6.10. The fourth-order valence-electron chi connectivity index (χ4n) is 3.04. The van der Waals surface area contributed by atoms with Crippen LogP contribution in [0.15, 0.2) is 27.4 Å². The summed E-state index contributed by atoms with van der Waals surface area (Å²) in [5, 5.41) is 7.10. The minimum atomic E-state index is -0.357. The largest absolute Gasteiger partial charge is 0.493 e. The number of fused-ring (bicyclic) bond motifs is 1. The van der Waals surface area contributed by atoms with Crippen LogP contribution in [-0.4, -0.2) is 51.3 Å². The minimum absolute atomic E-state index is 0.357. The highest BCUT2D eigenvalue weighted by Gasteiger charge is 2.11. The summed E-state index contributed by atoms with van der Waals surface area (Å²) in [4.78, 5) is 14.3. The Labute approximate surface area is 141 Å². The van der Waals surface area contributed by atoms with E-state index in [0.29, 0.717) is 17.9 Å². The number of nitrogens with zero attached hydrogens (tertiary/aromatic N) is 1. The van der Waals surface area contributed by atoms with E-state index < -0.39 is 0 Å². The fraction of sp³-hybridized carbons (Fsp3) is 0.500. The van der Waals surface area contributed by atoms with Gasteiger partial charge in [-0.3, -0.25) is 0 Å². The zero-order chi connectivity index (χ0) is 16.9. The van der Waals surface area contributed by atoms with Crippen molar-refractivity contribution in [1.82, 2.24) is 10.2 Å². The summed E-state index contributed by atoms with van der Waals surface area (Å²) < 4.78 is 11.4. The first-order valence-corrected chi connectivity index (χ1v) is 8.50. The summed E-state index contributed by atoms with van der Waals surface area (Å²) in [6, 6.07) is 5.68. The highest BCUT2D eigenvalue weighted by Crippen LogP contribution is 2.27. The third-order valence-electron chi connectivity index (χ3n) is 4.46. The Hall–Kier alpha value is -2.05. The number of ether oxygens (including phenoxy) is 1. The van der Waals surface area contributed by atoms with E-state index in [4.69, 9.17) is 9.15 Å². The van der Waals surface area contributed by atoms with Gasteiger partial charge in [-0.25, -0.2) is 4.79 Å². The predicted octanol–water partition coefficient (Wildman–Crippen LogP) is 1.82. The Morgan fingerprint density at radius 3 is 2.88 bits per heavy atom. The van der Waals surface area contributed by atoms with E-state index in [1.54, 1.807) is 7.05 Å². The molecule has 0 saturated carbocycles. The maximum Gasteiger partial charge on any atom is 0.359 e. The lowest BCUT2D eigenvalue weighted by Crippen LogP contribution is -2.43. The lowest BCUT2D eigenvalue weighted by molar-refractivity contribution is 0.213. The van der Waals surface area contributed by atoms with Crippen molar-refractivity contribution in [2.75, 3.05) is 51.7 Å². The van der Waals surface area contributed by atoms with Crippen molar-refractivity contribution in [2.45, 2.75) is 13.3 Å². The lowest BCUT2D eigenvalue weighted by Gasteiger charge is -2.27. The molecule has 0 unspecified atom stereocenters. The molecule has 1 aromatic heterocycles. The maximum absolute atomic E-state index is 11.9. The highest BCUT2D eigenvalue weighted by molar-refractivity contribution is 5.84. The molecular weight excluding hydrogens is 306 g/mol. The molecule has 0 spiro atoms. The molecule has 2 aromatic rings. The van der Waals surface area contributed by atoms with Gasteiger partial charge in [0, 0.05) is 50.7 Å². The summed E-state index contributed by atoms with van der Waals surface area (Å²) in [5.74, 6) is 0.781. The van der Waals surface area contributed by atoms with Crippen molar-refractivity contribution < 1.29 is 9.15 Å². The van der Waals surface area contributed by atoms with Crippen LogP contribution >= 0.6 is 0 Å². The predicted molar refractivity (Wildman–Crippen MR) is 96.2 cm³/mol. The Bertz CT molecular complexity index is 751. The van der Waals surface area contributed by atoms with Crippen molar-refractivity contribution >= 4 is 16.7 Å². The van der Waals surface area contributed by atoms with Crippen LogP contribution in [0, 0.1) is 6.92 Å². The zero-order valence-electron chi connectivity index (χ0n) is 14.4. The molecule has 2 heterocycles. The second-order valence-corrected chi connectivity index (χ2v) is 6.10. The van der Waals surface area contributed by atoms with Gasteiger partial charge in [-0.15, -0.1) is 0 Å². The number of hydrogen-bond acceptors (Lipinski definition) is 6. The van der Waals surface area contributed by atoms with Crippen LogP contribution in [0.2, 0.25) is 0 Å². The summed E-state index contributed by atoms with van der Waals surface area (Å²) in [5.41, 5.74) is 1.57. The molecule has 0 radical (unpaired) electrons. The summed E-state index contributed by atoms with van der Waals surface area (Å²) in [6.07, 6.45) is 0.986. The molecule has 1 aliphatic heterocycles. The summed E-state index contributed by atoms with van der Waals surface area (Å²) in [7, 11) is 1.71. The molecular formula is C18H25N3O3. The molecule has 0 amide bonds. The normalized spacial score (nSPS) is 15.6. The summed E-state index contributed by atoms with van der Waals surface area (Å²) >= 11 is 0. The van der Waals surface area contributed by atoms with E-state index in [-0.39, 0.29) is 5.63 Å². The van der Waals surface area contributed by atoms with Crippen molar-refractivity contribution in [3.8, 4) is 5.75 Å². The molecule has 3 rings (SSSR count). The van der Waals surface area contributed by atoms with E-state index in [2.05, 4.69) is 15.5 Å². The molecule has 0 bridgehead atoms. The van der Waals surface area contributed by atoms with E-state index in [1.807, 2.05) is 25.1 Å². The van der Waals surface area contributed by atoms with Crippen LogP contribution in [-0.2, 0) is 0 Å². The van der Waals surface area contributed by atoms with Gasteiger partial charge in [0.25, 0.3) is 0 Å². The van der Waals surface area contributed by atoms with Crippen molar-refractivity contribution in [1.29, 1.82) is 0 Å². The van der Waals surface area contributed by atoms with Crippen LogP contribution in [0.1, 0.15) is 12.0 Å². The van der Waals surface area contributed by atoms with Crippen molar-refractivity contribution in [3.63, 3.8) is 0 Å². The van der Waals surface area contributed by atoms with Gasteiger partial charge in [-0.05, 0) is 31.5 Å². The van der Waals surface area contributed by atoms with Crippen LogP contribution in [0.25, 0.3) is 11.0 Å². The van der Waals surface area contributed by atoms with Crippen molar-refractivity contribution in [2.24, 2.45) is 0 Å². The van der Waals surface area contributed by atoms with Gasteiger partial charge in [0.2, 0.25) is 0 Å². The third-order valence-corrected chi connectivity index (χ3v) is 4.46. The van der Waals surface area contributed by atoms with Crippen LogP contribution < -0.4 is 21.0 Å². The topological polar surface area (TPSA) is 66.7 Å². The standard InChI is InChI=1S/C18H25N3O3/c1-13-16(23-11-3-8-21-9-6-20-7-10-21)5-4-14-12-15(19-2)18(22)24-17(13)14/h4-5,12,19-20H,3,6-11H2,1-2H3. The molecule has 1 aliphatic rings. The first-order valence-electron chi connectivity index (χ1n) is 8.50. The molecule has 130 valence electrons. The molecule has 0 aliphatic carbocycles. The van der Waals surface area contributed by atoms with Crippen LogP contribution in [0.3, 0.4) is 0 Å². The van der Waals surface area contributed by atoms with Crippen LogP contribution in [0.5, 0.6) is 5.75 Å². The van der Waals surface area contributed by atoms with E-state index >= 15 is 0 Å². The summed E-state index contributed by atoms with van der Waals surface area (Å²) in [6.45, 7) is 7.98. The van der Waals surface area contributed by atoms with E-state index in [0.717, 1.165) is 55.8 Å². The third kappa shape index (κ3) is 3.71. The van der Waals surface area contributed by atoms with E-state index in [9.17, 15) is 4.79 Å². The van der Waals surface area contributed by atoms with Gasteiger partial charge < -0.3 is 24.7 Å². The van der Waals surface area contributed by atoms with Gasteiger partial charge in [0.15, 0.2) is 0 Å². The number of aryl methyl sites for hydroxylation is 1. The van der Waals surface area contributed by atoms with Crippen LogP contribution in [0.4, 0.5) is 5.69 Å². The number of benzene rings is 1. The minimum Gasteiger partial charge on any atom is -0.493 e. The SMILES string of the molecule is CNc1cc2ccc(OCCCN3CCNCC3)c(C)c2oc1=O. The Kier molecular flexibility index (Phi) is 5.37. The zero-order valence-corrected chi connectivity index (χ0v) is 14.4.